The minimum absolute atomic E-state index is 1.00. The molecule has 28 valence electrons. The summed E-state index contributed by atoms with van der Waals surface area (Å²) < 4.78 is 0. The first-order valence-corrected chi connectivity index (χ1v) is 0.705. The van der Waals surface area contributed by atoms with Crippen LogP contribution in [0.15, 0.2) is 0 Å². The molecule has 0 rings (SSSR count). The lowest BCUT2D eigenvalue weighted by Crippen LogP contribution is -1.72. The van der Waals surface area contributed by atoms with Gasteiger partial charge in [-0.25, -0.2) is 5.90 Å². The molecular formula is CH7NO2. The van der Waals surface area contributed by atoms with E-state index in [4.69, 9.17) is 10.3 Å². The molecule has 0 heterocycles. The third kappa shape index (κ3) is 101. The summed E-state index contributed by atoms with van der Waals surface area (Å²) in [5, 5.41) is 13.5. The fraction of sp³-hybridized carbons (Fsp3) is 1.00. The van der Waals surface area contributed by atoms with Gasteiger partial charge in [0.25, 0.3) is 0 Å². The van der Waals surface area contributed by atoms with Crippen LogP contribution in [0.4, 0.5) is 0 Å². The standard InChI is InChI=1S/CH4O.H3NO/c2*1-2/h2H,1H3;2H,1H2. The van der Waals surface area contributed by atoms with Crippen molar-refractivity contribution in [2.24, 2.45) is 5.90 Å². The van der Waals surface area contributed by atoms with Gasteiger partial charge in [0.2, 0.25) is 0 Å². The summed E-state index contributed by atoms with van der Waals surface area (Å²) in [5.41, 5.74) is 0. The molecule has 0 aromatic rings. The molecule has 0 amide bonds. The zero-order valence-electron chi connectivity index (χ0n) is 2.47. The Labute approximate surface area is 24.6 Å². The molecule has 4 N–H and O–H groups in total. The highest BCUT2D eigenvalue weighted by molar-refractivity contribution is 3.18. The molecule has 0 saturated heterocycles. The summed E-state index contributed by atoms with van der Waals surface area (Å²) in [5.74, 6) is 3.50. The number of hydrogen-bond acceptors (Lipinski definition) is 3. The quantitative estimate of drug-likeness (QED) is 0.315. The van der Waals surface area contributed by atoms with E-state index >= 15 is 0 Å². The number of aliphatic hydroxyl groups is 1. The van der Waals surface area contributed by atoms with Gasteiger partial charge >= 0.3 is 0 Å². The third-order valence-electron chi connectivity index (χ3n) is 0. The molecule has 0 saturated carbocycles. The van der Waals surface area contributed by atoms with Crippen LogP contribution < -0.4 is 5.90 Å². The lowest BCUT2D eigenvalue weighted by molar-refractivity contribution is 0.311. The second-order valence-corrected chi connectivity index (χ2v) is 0. The molecule has 0 aromatic carbocycles. The molecule has 4 heavy (non-hydrogen) atoms. The van der Waals surface area contributed by atoms with Crippen molar-refractivity contribution in [1.29, 1.82) is 0 Å². The van der Waals surface area contributed by atoms with Gasteiger partial charge in [-0.15, -0.1) is 0 Å². The van der Waals surface area contributed by atoms with Crippen molar-refractivity contribution in [1.82, 2.24) is 0 Å². The topological polar surface area (TPSA) is 66.5 Å². The molecule has 0 aliphatic heterocycles. The van der Waals surface area contributed by atoms with Crippen molar-refractivity contribution in [3.8, 4) is 0 Å². The Balaban J connectivity index is 0. The van der Waals surface area contributed by atoms with E-state index in [1.165, 1.54) is 0 Å². The van der Waals surface area contributed by atoms with Crippen LogP contribution in [0.2, 0.25) is 0 Å². The Kier molecular flexibility index (Phi) is 1610. The van der Waals surface area contributed by atoms with E-state index in [1.54, 1.807) is 0 Å². The molecule has 3 heteroatoms. The van der Waals surface area contributed by atoms with E-state index < -0.39 is 0 Å². The Hall–Kier alpha value is -0.120. The second kappa shape index (κ2) is 707. The van der Waals surface area contributed by atoms with Gasteiger partial charge in [-0.3, -0.25) is 0 Å². The van der Waals surface area contributed by atoms with Crippen LogP contribution in [-0.4, -0.2) is 17.4 Å². The summed E-state index contributed by atoms with van der Waals surface area (Å²) in [7, 11) is 1.00. The summed E-state index contributed by atoms with van der Waals surface area (Å²) in [6.07, 6.45) is 0. The predicted molar refractivity (Wildman–Crippen MR) is 14.1 cm³/mol. The molecule has 0 aliphatic rings. The molecule has 0 unspecified atom stereocenters. The highest BCUT2D eigenvalue weighted by Gasteiger charge is 0.839. The number of hydrogen-bond donors (Lipinski definition) is 3. The van der Waals surface area contributed by atoms with E-state index in [0.717, 1.165) is 7.11 Å². The van der Waals surface area contributed by atoms with Gasteiger partial charge < -0.3 is 10.3 Å². The van der Waals surface area contributed by atoms with E-state index in [2.05, 4.69) is 5.90 Å². The van der Waals surface area contributed by atoms with Crippen LogP contribution in [0.5, 0.6) is 0 Å². The van der Waals surface area contributed by atoms with Crippen molar-refractivity contribution in [2.45, 2.75) is 0 Å². The van der Waals surface area contributed by atoms with Gasteiger partial charge in [0, 0.05) is 7.11 Å². The first-order valence-electron chi connectivity index (χ1n) is 0.705. The number of nitrogens with two attached hydrogens (primary N) is 1. The van der Waals surface area contributed by atoms with Crippen LogP contribution in [0, 0.1) is 0 Å². The van der Waals surface area contributed by atoms with E-state index in [-0.39, 0.29) is 0 Å². The predicted octanol–water partition coefficient (Wildman–Crippen LogP) is -1.06. The van der Waals surface area contributed by atoms with Gasteiger partial charge in [-0.1, -0.05) is 0 Å². The fourth-order valence-electron chi connectivity index (χ4n) is 0. The Morgan fingerprint density at radius 1 is 1.25 bits per heavy atom. The first kappa shape index (κ1) is 9.11. The maximum atomic E-state index is 7.00. The summed E-state index contributed by atoms with van der Waals surface area (Å²) in [4.78, 5) is 0. The van der Waals surface area contributed by atoms with Crippen molar-refractivity contribution >= 4 is 0 Å². The van der Waals surface area contributed by atoms with E-state index in [0.29, 0.717) is 0 Å². The van der Waals surface area contributed by atoms with Crippen LogP contribution in [0.3, 0.4) is 0 Å². The van der Waals surface area contributed by atoms with Gasteiger partial charge in [-0.2, -0.15) is 0 Å². The van der Waals surface area contributed by atoms with Gasteiger partial charge in [0.05, 0.1) is 0 Å². The zero-order valence-corrected chi connectivity index (χ0v) is 2.47. The zero-order chi connectivity index (χ0) is 4.00. The number of rotatable bonds is 0. The molecular weight excluding hydrogens is 58.0 g/mol. The molecule has 0 radical (unpaired) electrons. The molecule has 0 fully saturated rings. The monoisotopic (exact) mass is 65.0 g/mol. The lowest BCUT2D eigenvalue weighted by Gasteiger charge is -1.27. The van der Waals surface area contributed by atoms with Crippen LogP contribution in [0.1, 0.15) is 0 Å². The average molecular weight is 65.1 g/mol. The van der Waals surface area contributed by atoms with E-state index in [9.17, 15) is 0 Å². The fourth-order valence-corrected chi connectivity index (χ4v) is 0. The van der Waals surface area contributed by atoms with Crippen LogP contribution in [-0.2, 0) is 0 Å². The number of aliphatic hydroxyl groups excluding tert-OH is 1. The second-order valence-electron chi connectivity index (χ2n) is 0. The van der Waals surface area contributed by atoms with Gasteiger partial charge in [-0.05, 0) is 0 Å². The Morgan fingerprint density at radius 2 is 1.25 bits per heavy atom. The Morgan fingerprint density at radius 3 is 1.25 bits per heavy atom. The molecule has 0 aliphatic carbocycles. The minimum atomic E-state index is 1.00. The largest absolute Gasteiger partial charge is 0.400 e. The first-order chi connectivity index (χ1) is 2.00. The molecule has 3 nitrogen and oxygen atoms in total. The summed E-state index contributed by atoms with van der Waals surface area (Å²) in [6, 6.07) is 0. The van der Waals surface area contributed by atoms with Crippen molar-refractivity contribution < 1.29 is 10.3 Å². The molecule has 0 spiro atoms. The smallest absolute Gasteiger partial charge is 0.0319 e. The van der Waals surface area contributed by atoms with Crippen molar-refractivity contribution in [2.75, 3.05) is 7.11 Å². The van der Waals surface area contributed by atoms with Crippen molar-refractivity contribution in [3.05, 3.63) is 0 Å². The molecule has 0 bridgehead atoms. The molecule has 0 atom stereocenters. The summed E-state index contributed by atoms with van der Waals surface area (Å²) >= 11 is 0. The van der Waals surface area contributed by atoms with Gasteiger partial charge in [0.15, 0.2) is 0 Å². The highest BCUT2D eigenvalue weighted by atomic mass is 16.4. The molecule has 0 aromatic heterocycles. The maximum absolute atomic E-state index is 7.00. The maximum Gasteiger partial charge on any atom is 0.0319 e. The highest BCUT2D eigenvalue weighted by Crippen LogP contribution is 0.755. The lowest BCUT2D eigenvalue weighted by atomic mass is 11.8. The van der Waals surface area contributed by atoms with E-state index in [1.807, 2.05) is 0 Å². The van der Waals surface area contributed by atoms with Crippen LogP contribution in [0.25, 0.3) is 0 Å². The van der Waals surface area contributed by atoms with Crippen molar-refractivity contribution in [3.63, 3.8) is 0 Å². The average Bonchev–Trinajstić information content (AvgIpc) is 1.50. The third-order valence-corrected chi connectivity index (χ3v) is 0. The Bertz CT molecular complexity index is 6.00. The normalized spacial score (nSPS) is 3.00. The van der Waals surface area contributed by atoms with Crippen LogP contribution >= 0.6 is 0 Å². The SMILES string of the molecule is CO.NO. The summed E-state index contributed by atoms with van der Waals surface area (Å²) in [6.45, 7) is 0. The minimum Gasteiger partial charge on any atom is -0.400 e. The van der Waals surface area contributed by atoms with Gasteiger partial charge in [0.1, 0.15) is 0 Å².